The summed E-state index contributed by atoms with van der Waals surface area (Å²) in [6, 6.07) is -0.0935. The van der Waals surface area contributed by atoms with Crippen LogP contribution in [0.4, 0.5) is 4.79 Å². The monoisotopic (exact) mass is 312 g/mol. The lowest BCUT2D eigenvalue weighted by molar-refractivity contribution is -0.153. The molecule has 6 heteroatoms. The molecule has 0 aromatic heterocycles. The summed E-state index contributed by atoms with van der Waals surface area (Å²) in [7, 11) is 0. The highest BCUT2D eigenvalue weighted by molar-refractivity contribution is 5.86. The lowest BCUT2D eigenvalue weighted by Crippen LogP contribution is -2.63. The van der Waals surface area contributed by atoms with Gasteiger partial charge in [0.05, 0.1) is 0 Å². The van der Waals surface area contributed by atoms with E-state index in [-0.39, 0.29) is 6.04 Å². The van der Waals surface area contributed by atoms with Gasteiger partial charge in [-0.15, -0.1) is 0 Å². The molecule has 1 amide bonds. The molecule has 22 heavy (non-hydrogen) atoms. The molecular weight excluding hydrogens is 284 g/mol. The Morgan fingerprint density at radius 1 is 1.36 bits per heavy atom. The molecule has 2 aliphatic rings. The van der Waals surface area contributed by atoms with Crippen molar-refractivity contribution in [1.82, 2.24) is 9.80 Å². The van der Waals surface area contributed by atoms with Gasteiger partial charge < -0.3 is 9.84 Å². The molecule has 2 saturated heterocycles. The van der Waals surface area contributed by atoms with Crippen LogP contribution in [0.2, 0.25) is 0 Å². The fourth-order valence-electron chi connectivity index (χ4n) is 3.79. The van der Waals surface area contributed by atoms with Gasteiger partial charge >= 0.3 is 12.1 Å². The zero-order valence-corrected chi connectivity index (χ0v) is 14.1. The number of carbonyl (C=O) groups excluding carboxylic acids is 1. The summed E-state index contributed by atoms with van der Waals surface area (Å²) < 4.78 is 5.49. The molecule has 2 fully saturated rings. The van der Waals surface area contributed by atoms with Crippen LogP contribution in [0.5, 0.6) is 0 Å². The molecule has 126 valence electrons. The Bertz CT molecular complexity index is 446. The average Bonchev–Trinajstić information content (AvgIpc) is 2.95. The predicted octanol–water partition coefficient (Wildman–Crippen LogP) is 2.33. The highest BCUT2D eigenvalue weighted by Gasteiger charge is 2.59. The standard InChI is InChI=1S/C16H28N2O4/c1-5-9-18(14(21)22-15(2,3)4)16(13(19)20)8-11-17-10-6-7-12(16)17/h12H,5-11H2,1-4H3,(H,19,20). The van der Waals surface area contributed by atoms with Gasteiger partial charge in [0.2, 0.25) is 0 Å². The van der Waals surface area contributed by atoms with Crippen molar-refractivity contribution in [3.8, 4) is 0 Å². The minimum atomic E-state index is -1.14. The summed E-state index contributed by atoms with van der Waals surface area (Å²) in [5.41, 5.74) is -1.77. The van der Waals surface area contributed by atoms with Gasteiger partial charge in [0.25, 0.3) is 0 Å². The van der Waals surface area contributed by atoms with Gasteiger partial charge in [-0.25, -0.2) is 9.59 Å². The molecule has 0 radical (unpaired) electrons. The number of nitrogens with zero attached hydrogens (tertiary/aromatic N) is 2. The smallest absolute Gasteiger partial charge is 0.411 e. The maximum absolute atomic E-state index is 12.7. The molecule has 2 rings (SSSR count). The van der Waals surface area contributed by atoms with E-state index in [0.717, 1.165) is 25.9 Å². The zero-order chi connectivity index (χ0) is 16.5. The summed E-state index contributed by atoms with van der Waals surface area (Å²) >= 11 is 0. The minimum absolute atomic E-state index is 0.0935. The molecule has 0 bridgehead atoms. The summed E-state index contributed by atoms with van der Waals surface area (Å²) in [6.07, 6.45) is 2.50. The van der Waals surface area contributed by atoms with Crippen LogP contribution in [-0.4, -0.2) is 63.8 Å². The van der Waals surface area contributed by atoms with Crippen LogP contribution in [0, 0.1) is 0 Å². The Kier molecular flexibility index (Phi) is 4.70. The van der Waals surface area contributed by atoms with Crippen LogP contribution in [0.1, 0.15) is 53.4 Å². The third-order valence-corrected chi connectivity index (χ3v) is 4.61. The van der Waals surface area contributed by atoms with Crippen LogP contribution in [0.3, 0.4) is 0 Å². The molecule has 0 aromatic rings. The Morgan fingerprint density at radius 3 is 2.59 bits per heavy atom. The third kappa shape index (κ3) is 2.93. The topological polar surface area (TPSA) is 70.1 Å². The van der Waals surface area contributed by atoms with Gasteiger partial charge in [-0.1, -0.05) is 6.92 Å². The number of fused-ring (bicyclic) bond motifs is 1. The first-order chi connectivity index (χ1) is 10.2. The molecule has 2 aliphatic heterocycles. The third-order valence-electron chi connectivity index (χ3n) is 4.61. The van der Waals surface area contributed by atoms with Crippen molar-refractivity contribution >= 4 is 12.1 Å². The first-order valence-electron chi connectivity index (χ1n) is 8.20. The van der Waals surface area contributed by atoms with Crippen molar-refractivity contribution in [1.29, 1.82) is 0 Å². The fourth-order valence-corrected chi connectivity index (χ4v) is 3.79. The molecule has 0 aromatic carbocycles. The number of aliphatic carboxylic acids is 1. The number of carbonyl (C=O) groups is 2. The molecule has 1 N–H and O–H groups in total. The maximum atomic E-state index is 12.7. The number of hydrogen-bond acceptors (Lipinski definition) is 4. The largest absolute Gasteiger partial charge is 0.479 e. The number of rotatable bonds is 4. The van der Waals surface area contributed by atoms with E-state index in [0.29, 0.717) is 19.4 Å². The summed E-state index contributed by atoms with van der Waals surface area (Å²) in [4.78, 5) is 28.5. The van der Waals surface area contributed by atoms with Gasteiger partial charge in [-0.3, -0.25) is 9.80 Å². The second kappa shape index (κ2) is 6.07. The van der Waals surface area contributed by atoms with E-state index in [9.17, 15) is 14.7 Å². The second-order valence-electron chi connectivity index (χ2n) is 7.31. The fraction of sp³-hybridized carbons (Fsp3) is 0.875. The molecule has 6 nitrogen and oxygen atoms in total. The Morgan fingerprint density at radius 2 is 2.05 bits per heavy atom. The SMILES string of the molecule is CCCN(C(=O)OC(C)(C)C)C1(C(=O)O)CCN2CCCC21. The quantitative estimate of drug-likeness (QED) is 0.862. The lowest BCUT2D eigenvalue weighted by atomic mass is 9.86. The van der Waals surface area contributed by atoms with Crippen molar-refractivity contribution in [3.05, 3.63) is 0 Å². The average molecular weight is 312 g/mol. The van der Waals surface area contributed by atoms with Crippen molar-refractivity contribution in [2.45, 2.75) is 70.6 Å². The summed E-state index contributed by atoms with van der Waals surface area (Å²) in [6.45, 7) is 9.44. The Balaban J connectivity index is 2.34. The molecule has 2 atom stereocenters. The molecule has 0 aliphatic carbocycles. The van der Waals surface area contributed by atoms with E-state index in [2.05, 4.69) is 4.90 Å². The normalized spacial score (nSPS) is 28.5. The molecule has 2 unspecified atom stereocenters. The van der Waals surface area contributed by atoms with Gasteiger partial charge in [0.15, 0.2) is 5.54 Å². The number of carboxylic acid groups (broad SMARTS) is 1. The van der Waals surface area contributed by atoms with Crippen LogP contribution in [-0.2, 0) is 9.53 Å². The van der Waals surface area contributed by atoms with E-state index in [1.165, 1.54) is 4.90 Å². The van der Waals surface area contributed by atoms with Gasteiger partial charge in [-0.2, -0.15) is 0 Å². The highest BCUT2D eigenvalue weighted by atomic mass is 16.6. The van der Waals surface area contributed by atoms with Crippen LogP contribution < -0.4 is 0 Å². The number of amides is 1. The summed E-state index contributed by atoms with van der Waals surface area (Å²) in [5.74, 6) is -0.902. The zero-order valence-electron chi connectivity index (χ0n) is 14.1. The van der Waals surface area contributed by atoms with Gasteiger partial charge in [-0.05, 0) is 53.0 Å². The Labute approximate surface area is 132 Å². The van der Waals surface area contributed by atoms with E-state index >= 15 is 0 Å². The van der Waals surface area contributed by atoms with Gasteiger partial charge in [0.1, 0.15) is 5.60 Å². The van der Waals surface area contributed by atoms with E-state index in [1.54, 1.807) is 20.8 Å². The first-order valence-corrected chi connectivity index (χ1v) is 8.20. The molecule has 0 saturated carbocycles. The number of carboxylic acids is 1. The highest BCUT2D eigenvalue weighted by Crippen LogP contribution is 2.41. The van der Waals surface area contributed by atoms with Crippen LogP contribution in [0.25, 0.3) is 0 Å². The predicted molar refractivity (Wildman–Crippen MR) is 82.8 cm³/mol. The minimum Gasteiger partial charge on any atom is -0.479 e. The van der Waals surface area contributed by atoms with Crippen LogP contribution in [0.15, 0.2) is 0 Å². The van der Waals surface area contributed by atoms with Crippen molar-refractivity contribution in [2.24, 2.45) is 0 Å². The van der Waals surface area contributed by atoms with Crippen molar-refractivity contribution in [3.63, 3.8) is 0 Å². The van der Waals surface area contributed by atoms with E-state index in [4.69, 9.17) is 4.74 Å². The van der Waals surface area contributed by atoms with E-state index < -0.39 is 23.2 Å². The van der Waals surface area contributed by atoms with Crippen molar-refractivity contribution in [2.75, 3.05) is 19.6 Å². The molecular formula is C16H28N2O4. The second-order valence-corrected chi connectivity index (χ2v) is 7.31. The number of ether oxygens (including phenoxy) is 1. The molecule has 0 spiro atoms. The number of hydrogen-bond donors (Lipinski definition) is 1. The van der Waals surface area contributed by atoms with Crippen LogP contribution >= 0.6 is 0 Å². The summed E-state index contributed by atoms with van der Waals surface area (Å²) in [5, 5.41) is 9.98. The van der Waals surface area contributed by atoms with E-state index in [1.807, 2.05) is 6.92 Å². The van der Waals surface area contributed by atoms with Gasteiger partial charge in [0, 0.05) is 19.1 Å². The first kappa shape index (κ1) is 17.1. The maximum Gasteiger partial charge on any atom is 0.411 e. The molecule has 2 heterocycles. The van der Waals surface area contributed by atoms with Crippen molar-refractivity contribution < 1.29 is 19.4 Å². The Hall–Kier alpha value is -1.30. The lowest BCUT2D eigenvalue weighted by Gasteiger charge is -2.41.